The third-order valence-electron chi connectivity index (χ3n) is 4.40. The van der Waals surface area contributed by atoms with Gasteiger partial charge in [0.1, 0.15) is 0 Å². The molecular formula is C17H16Cl2N2. The van der Waals surface area contributed by atoms with E-state index in [4.69, 9.17) is 23.2 Å². The van der Waals surface area contributed by atoms with E-state index in [0.29, 0.717) is 6.04 Å². The van der Waals surface area contributed by atoms with Gasteiger partial charge in [-0.25, -0.2) is 0 Å². The number of benzene rings is 2. The average molecular weight is 319 g/mol. The van der Waals surface area contributed by atoms with E-state index in [2.05, 4.69) is 22.0 Å². The number of fused-ring (bicyclic) bond motifs is 3. The van der Waals surface area contributed by atoms with E-state index in [1.807, 2.05) is 24.3 Å². The quantitative estimate of drug-likeness (QED) is 0.666. The van der Waals surface area contributed by atoms with Crippen molar-refractivity contribution in [2.45, 2.75) is 18.9 Å². The largest absolute Gasteiger partial charge is 0.337 e. The van der Waals surface area contributed by atoms with Crippen LogP contribution in [0.4, 0.5) is 0 Å². The van der Waals surface area contributed by atoms with Gasteiger partial charge >= 0.3 is 0 Å². The van der Waals surface area contributed by atoms with E-state index >= 15 is 0 Å². The Kier molecular flexibility index (Phi) is 3.33. The maximum Gasteiger partial charge on any atom is 0.0495 e. The highest BCUT2D eigenvalue weighted by molar-refractivity contribution is 6.33. The Balaban J connectivity index is 2.06. The molecule has 21 heavy (non-hydrogen) atoms. The molecule has 0 aliphatic carbocycles. The Labute approximate surface area is 133 Å². The molecule has 0 radical (unpaired) electrons. The number of rotatable bonds is 1. The first-order chi connectivity index (χ1) is 10.2. The van der Waals surface area contributed by atoms with Gasteiger partial charge in [0.15, 0.2) is 0 Å². The molecule has 1 aliphatic rings. The summed E-state index contributed by atoms with van der Waals surface area (Å²) in [5, 5.41) is 7.36. The van der Waals surface area contributed by atoms with Crippen LogP contribution in [0, 0.1) is 0 Å². The smallest absolute Gasteiger partial charge is 0.0495 e. The van der Waals surface area contributed by atoms with Crippen LogP contribution in [0.25, 0.3) is 21.8 Å². The third kappa shape index (κ3) is 2.22. The summed E-state index contributed by atoms with van der Waals surface area (Å²) in [6.07, 6.45) is 2.31. The van der Waals surface area contributed by atoms with Crippen LogP contribution in [-0.2, 0) is 0 Å². The summed E-state index contributed by atoms with van der Waals surface area (Å²) in [4.78, 5) is 0. The molecule has 2 aromatic carbocycles. The van der Waals surface area contributed by atoms with E-state index in [1.54, 1.807) is 0 Å². The number of hydrogen-bond donors (Lipinski definition) is 1. The van der Waals surface area contributed by atoms with Crippen LogP contribution in [0.1, 0.15) is 18.9 Å². The number of aromatic nitrogens is 1. The summed E-state index contributed by atoms with van der Waals surface area (Å²) in [7, 11) is 0. The Morgan fingerprint density at radius 1 is 0.857 bits per heavy atom. The van der Waals surface area contributed by atoms with Gasteiger partial charge in [-0.05, 0) is 62.3 Å². The van der Waals surface area contributed by atoms with Gasteiger partial charge in [0, 0.05) is 37.9 Å². The van der Waals surface area contributed by atoms with Gasteiger partial charge < -0.3 is 9.88 Å². The number of nitrogens with zero attached hydrogens (tertiary/aromatic N) is 1. The fourth-order valence-corrected chi connectivity index (χ4v) is 3.80. The first-order valence-corrected chi connectivity index (χ1v) is 8.09. The molecule has 0 unspecified atom stereocenters. The molecule has 0 amide bonds. The van der Waals surface area contributed by atoms with Crippen LogP contribution < -0.4 is 5.32 Å². The highest BCUT2D eigenvalue weighted by atomic mass is 35.5. The molecule has 4 heteroatoms. The monoisotopic (exact) mass is 318 g/mol. The highest BCUT2D eigenvalue weighted by Crippen LogP contribution is 2.36. The normalized spacial score (nSPS) is 16.9. The van der Waals surface area contributed by atoms with Gasteiger partial charge in [-0.15, -0.1) is 0 Å². The molecular weight excluding hydrogens is 303 g/mol. The van der Waals surface area contributed by atoms with E-state index in [-0.39, 0.29) is 0 Å². The Morgan fingerprint density at radius 3 is 1.90 bits per heavy atom. The van der Waals surface area contributed by atoms with Crippen LogP contribution in [0.15, 0.2) is 36.4 Å². The van der Waals surface area contributed by atoms with Crippen LogP contribution in [0.3, 0.4) is 0 Å². The number of halogens is 2. The van der Waals surface area contributed by atoms with E-state index in [1.165, 1.54) is 21.8 Å². The summed E-state index contributed by atoms with van der Waals surface area (Å²) in [5.74, 6) is 0. The topological polar surface area (TPSA) is 17.0 Å². The zero-order valence-electron chi connectivity index (χ0n) is 11.6. The van der Waals surface area contributed by atoms with Gasteiger partial charge in [-0.2, -0.15) is 0 Å². The average Bonchev–Trinajstić information content (AvgIpc) is 2.81. The van der Waals surface area contributed by atoms with Gasteiger partial charge in [0.05, 0.1) is 0 Å². The molecule has 1 saturated heterocycles. The third-order valence-corrected chi connectivity index (χ3v) is 4.87. The molecule has 2 nitrogen and oxygen atoms in total. The van der Waals surface area contributed by atoms with Crippen LogP contribution in [0.5, 0.6) is 0 Å². The lowest BCUT2D eigenvalue weighted by Gasteiger charge is -2.26. The van der Waals surface area contributed by atoms with Crippen molar-refractivity contribution in [3.05, 3.63) is 46.4 Å². The molecule has 0 atom stereocenters. The zero-order chi connectivity index (χ0) is 14.4. The van der Waals surface area contributed by atoms with Crippen molar-refractivity contribution < 1.29 is 0 Å². The molecule has 1 aromatic heterocycles. The van der Waals surface area contributed by atoms with E-state index in [0.717, 1.165) is 36.0 Å². The number of nitrogens with one attached hydrogen (secondary N) is 1. The summed E-state index contributed by atoms with van der Waals surface area (Å²) < 4.78 is 2.47. The molecule has 0 bridgehead atoms. The maximum atomic E-state index is 6.20. The summed E-state index contributed by atoms with van der Waals surface area (Å²) in [5.41, 5.74) is 2.51. The molecule has 1 aliphatic heterocycles. The molecule has 2 heterocycles. The minimum atomic E-state index is 0.536. The summed E-state index contributed by atoms with van der Waals surface area (Å²) in [6, 6.07) is 12.8. The van der Waals surface area contributed by atoms with Gasteiger partial charge in [0.2, 0.25) is 0 Å². The Hall–Kier alpha value is -1.22. The lowest BCUT2D eigenvalue weighted by Crippen LogP contribution is -2.29. The second-order valence-corrected chi connectivity index (χ2v) is 6.55. The number of hydrogen-bond acceptors (Lipinski definition) is 1. The summed E-state index contributed by atoms with van der Waals surface area (Å²) >= 11 is 12.4. The fourth-order valence-electron chi connectivity index (χ4n) is 3.46. The van der Waals surface area contributed by atoms with Crippen molar-refractivity contribution in [2.24, 2.45) is 0 Å². The first-order valence-electron chi connectivity index (χ1n) is 7.33. The van der Waals surface area contributed by atoms with E-state index in [9.17, 15) is 0 Å². The molecule has 3 aromatic rings. The van der Waals surface area contributed by atoms with Crippen molar-refractivity contribution in [2.75, 3.05) is 13.1 Å². The van der Waals surface area contributed by atoms with Gasteiger partial charge in [0.25, 0.3) is 0 Å². The Morgan fingerprint density at radius 2 is 1.38 bits per heavy atom. The molecule has 1 fully saturated rings. The molecule has 1 N–H and O–H groups in total. The molecule has 0 spiro atoms. The highest BCUT2D eigenvalue weighted by Gasteiger charge is 2.20. The minimum Gasteiger partial charge on any atom is -0.337 e. The summed E-state index contributed by atoms with van der Waals surface area (Å²) in [6.45, 7) is 2.15. The fraction of sp³-hybridized carbons (Fsp3) is 0.294. The standard InChI is InChI=1S/C17H16Cl2N2/c18-11-1-3-16-14(9-11)15-10-12(19)2-4-17(15)21(16)13-5-7-20-8-6-13/h1-4,9-10,13,20H,5-8H2. The predicted molar refractivity (Wildman–Crippen MR) is 90.6 cm³/mol. The predicted octanol–water partition coefficient (Wildman–Crippen LogP) is 5.03. The second-order valence-electron chi connectivity index (χ2n) is 5.67. The molecule has 108 valence electrons. The lowest BCUT2D eigenvalue weighted by atomic mass is 10.1. The zero-order valence-corrected chi connectivity index (χ0v) is 13.1. The minimum absolute atomic E-state index is 0.536. The van der Waals surface area contributed by atoms with Crippen molar-refractivity contribution >= 4 is 45.0 Å². The van der Waals surface area contributed by atoms with Crippen LogP contribution >= 0.6 is 23.2 Å². The first kappa shape index (κ1) is 13.4. The van der Waals surface area contributed by atoms with Crippen LogP contribution in [-0.4, -0.2) is 17.7 Å². The Bertz CT molecular complexity index is 757. The number of piperidine rings is 1. The molecule has 0 saturated carbocycles. The van der Waals surface area contributed by atoms with Crippen LogP contribution in [0.2, 0.25) is 10.0 Å². The van der Waals surface area contributed by atoms with Crippen molar-refractivity contribution in [1.82, 2.24) is 9.88 Å². The van der Waals surface area contributed by atoms with E-state index < -0.39 is 0 Å². The van der Waals surface area contributed by atoms with Gasteiger partial charge in [-0.1, -0.05) is 23.2 Å². The molecule has 4 rings (SSSR count). The second kappa shape index (κ2) is 5.20. The van der Waals surface area contributed by atoms with Crippen molar-refractivity contribution in [3.63, 3.8) is 0 Å². The maximum absolute atomic E-state index is 6.20. The SMILES string of the molecule is Clc1ccc2c(c1)c1cc(Cl)ccc1n2C1CCNCC1. The lowest BCUT2D eigenvalue weighted by molar-refractivity contribution is 0.383. The van der Waals surface area contributed by atoms with Crippen molar-refractivity contribution in [1.29, 1.82) is 0 Å². The van der Waals surface area contributed by atoms with Crippen molar-refractivity contribution in [3.8, 4) is 0 Å². The van der Waals surface area contributed by atoms with Gasteiger partial charge in [-0.3, -0.25) is 0 Å².